The molecule has 0 aromatic rings. The molecule has 0 atom stereocenters. The molecule has 22 heavy (non-hydrogen) atoms. The second kappa shape index (κ2) is 7.98. The van der Waals surface area contributed by atoms with Crippen molar-refractivity contribution < 1.29 is 9.90 Å². The second-order valence-corrected chi connectivity index (χ2v) is 6.65. The Morgan fingerprint density at radius 1 is 1.14 bits per heavy atom. The lowest BCUT2D eigenvalue weighted by Gasteiger charge is -2.32. The SMILES string of the molecule is CC(C=CC=CC=CC1=C(C)CCCC1(C)C)=C(C)C(=O)O. The third-order valence-corrected chi connectivity index (χ3v) is 4.40. The average molecular weight is 300 g/mol. The third-order valence-electron chi connectivity index (χ3n) is 4.40. The van der Waals surface area contributed by atoms with Crippen molar-refractivity contribution in [1.29, 1.82) is 0 Å². The van der Waals surface area contributed by atoms with Crippen molar-refractivity contribution in [2.75, 3.05) is 0 Å². The van der Waals surface area contributed by atoms with Gasteiger partial charge in [-0.1, -0.05) is 55.9 Å². The van der Waals surface area contributed by atoms with Crippen LogP contribution in [0.15, 0.2) is 58.7 Å². The normalized spacial score (nSPS) is 20.2. The molecule has 0 spiro atoms. The number of carboxylic acids is 1. The number of hydrogen-bond acceptors (Lipinski definition) is 1. The van der Waals surface area contributed by atoms with Crippen LogP contribution in [-0.4, -0.2) is 11.1 Å². The number of carboxylic acid groups (broad SMARTS) is 1. The van der Waals surface area contributed by atoms with Gasteiger partial charge < -0.3 is 5.11 Å². The maximum Gasteiger partial charge on any atom is 0.331 e. The van der Waals surface area contributed by atoms with Crippen LogP contribution in [0.3, 0.4) is 0 Å². The smallest absolute Gasteiger partial charge is 0.331 e. The topological polar surface area (TPSA) is 37.3 Å². The summed E-state index contributed by atoms with van der Waals surface area (Å²) in [4.78, 5) is 10.8. The molecule has 0 saturated heterocycles. The maximum atomic E-state index is 10.8. The van der Waals surface area contributed by atoms with Gasteiger partial charge in [-0.15, -0.1) is 0 Å². The largest absolute Gasteiger partial charge is 0.478 e. The molecule has 120 valence electrons. The molecule has 0 unspecified atom stereocenters. The Balaban J connectivity index is 2.70. The summed E-state index contributed by atoms with van der Waals surface area (Å²) in [5, 5.41) is 8.89. The third kappa shape index (κ3) is 5.18. The van der Waals surface area contributed by atoms with Crippen LogP contribution in [0.1, 0.15) is 53.9 Å². The van der Waals surface area contributed by atoms with E-state index >= 15 is 0 Å². The summed E-state index contributed by atoms with van der Waals surface area (Å²) < 4.78 is 0. The molecule has 0 saturated carbocycles. The summed E-state index contributed by atoms with van der Waals surface area (Å²) in [7, 11) is 0. The molecule has 2 nitrogen and oxygen atoms in total. The molecular formula is C20H28O2. The van der Waals surface area contributed by atoms with Crippen LogP contribution in [0.2, 0.25) is 0 Å². The maximum absolute atomic E-state index is 10.8. The summed E-state index contributed by atoms with van der Waals surface area (Å²) in [6, 6.07) is 0. The molecule has 0 radical (unpaired) electrons. The van der Waals surface area contributed by atoms with Crippen molar-refractivity contribution >= 4 is 5.97 Å². The van der Waals surface area contributed by atoms with E-state index in [9.17, 15) is 4.79 Å². The van der Waals surface area contributed by atoms with Gasteiger partial charge >= 0.3 is 5.97 Å². The lowest BCUT2D eigenvalue weighted by molar-refractivity contribution is -0.132. The minimum atomic E-state index is -0.868. The lowest BCUT2D eigenvalue weighted by Crippen LogP contribution is -2.18. The van der Waals surface area contributed by atoms with E-state index in [0.29, 0.717) is 5.57 Å². The summed E-state index contributed by atoms with van der Waals surface area (Å²) in [6.07, 6.45) is 15.6. The zero-order valence-electron chi connectivity index (χ0n) is 14.4. The standard InChI is InChI=1S/C20H28O2/c1-15(17(3)19(21)22)11-8-6-7-9-13-18-16(2)12-10-14-20(18,4)5/h6-9,11,13H,10,12,14H2,1-5H3,(H,21,22). The van der Waals surface area contributed by atoms with E-state index < -0.39 is 5.97 Å². The predicted octanol–water partition coefficient (Wildman–Crippen LogP) is 5.60. The Labute approximate surface area is 134 Å². The second-order valence-electron chi connectivity index (χ2n) is 6.65. The van der Waals surface area contributed by atoms with Crippen LogP contribution in [0.25, 0.3) is 0 Å². The summed E-state index contributed by atoms with van der Waals surface area (Å²) in [6.45, 7) is 10.3. The molecule has 1 N–H and O–H groups in total. The minimum absolute atomic E-state index is 0.264. The number of carbonyl (C=O) groups is 1. The van der Waals surface area contributed by atoms with Crippen molar-refractivity contribution in [3.63, 3.8) is 0 Å². The van der Waals surface area contributed by atoms with Crippen molar-refractivity contribution in [1.82, 2.24) is 0 Å². The van der Waals surface area contributed by atoms with E-state index in [-0.39, 0.29) is 5.41 Å². The van der Waals surface area contributed by atoms with Gasteiger partial charge in [0.05, 0.1) is 0 Å². The number of rotatable bonds is 5. The molecule has 0 amide bonds. The van der Waals surface area contributed by atoms with Crippen LogP contribution < -0.4 is 0 Å². The Hall–Kier alpha value is -1.83. The van der Waals surface area contributed by atoms with Gasteiger partial charge in [0.25, 0.3) is 0 Å². The first-order valence-electron chi connectivity index (χ1n) is 7.88. The van der Waals surface area contributed by atoms with Crippen molar-refractivity contribution in [2.45, 2.75) is 53.9 Å². The number of hydrogen-bond donors (Lipinski definition) is 1. The van der Waals surface area contributed by atoms with E-state index in [1.165, 1.54) is 30.4 Å². The molecule has 0 aliphatic heterocycles. The molecule has 1 aliphatic rings. The van der Waals surface area contributed by atoms with Crippen molar-refractivity contribution in [3.8, 4) is 0 Å². The van der Waals surface area contributed by atoms with E-state index in [2.05, 4.69) is 32.9 Å². The molecule has 0 fully saturated rings. The van der Waals surface area contributed by atoms with Crippen LogP contribution in [0.4, 0.5) is 0 Å². The monoisotopic (exact) mass is 300 g/mol. The van der Waals surface area contributed by atoms with Crippen LogP contribution in [0, 0.1) is 5.41 Å². The van der Waals surface area contributed by atoms with Crippen LogP contribution in [0.5, 0.6) is 0 Å². The number of aliphatic carboxylic acids is 1. The predicted molar refractivity (Wildman–Crippen MR) is 93.8 cm³/mol. The fourth-order valence-corrected chi connectivity index (χ4v) is 2.78. The quantitative estimate of drug-likeness (QED) is 0.530. The lowest BCUT2D eigenvalue weighted by atomic mass is 9.73. The zero-order chi connectivity index (χ0) is 16.8. The van der Waals surface area contributed by atoms with Gasteiger partial charge in [-0.05, 0) is 56.6 Å². The molecule has 2 heteroatoms. The van der Waals surface area contributed by atoms with Crippen LogP contribution >= 0.6 is 0 Å². The molecule has 0 heterocycles. The highest BCUT2D eigenvalue weighted by molar-refractivity contribution is 5.87. The summed E-state index contributed by atoms with van der Waals surface area (Å²) in [5.74, 6) is -0.868. The van der Waals surface area contributed by atoms with Gasteiger partial charge in [0, 0.05) is 5.57 Å². The fraction of sp³-hybridized carbons (Fsp3) is 0.450. The zero-order valence-corrected chi connectivity index (χ0v) is 14.4. The van der Waals surface area contributed by atoms with Gasteiger partial charge in [-0.3, -0.25) is 0 Å². The molecule has 1 rings (SSSR count). The first kappa shape index (κ1) is 18.2. The van der Waals surface area contributed by atoms with Crippen molar-refractivity contribution in [2.24, 2.45) is 5.41 Å². The minimum Gasteiger partial charge on any atom is -0.478 e. The Morgan fingerprint density at radius 3 is 2.36 bits per heavy atom. The highest BCUT2D eigenvalue weighted by Gasteiger charge is 2.26. The highest BCUT2D eigenvalue weighted by Crippen LogP contribution is 2.40. The molecular weight excluding hydrogens is 272 g/mol. The van der Waals surface area contributed by atoms with E-state index in [1.54, 1.807) is 6.92 Å². The fourth-order valence-electron chi connectivity index (χ4n) is 2.78. The van der Waals surface area contributed by atoms with Crippen molar-refractivity contribution in [3.05, 3.63) is 58.7 Å². The van der Waals surface area contributed by atoms with E-state index in [4.69, 9.17) is 5.11 Å². The van der Waals surface area contributed by atoms with E-state index in [1.807, 2.05) is 31.2 Å². The van der Waals surface area contributed by atoms with Gasteiger partial charge in [0.1, 0.15) is 0 Å². The van der Waals surface area contributed by atoms with Gasteiger partial charge in [-0.25, -0.2) is 4.79 Å². The average Bonchev–Trinajstić information content (AvgIpc) is 2.43. The Bertz CT molecular complexity index is 567. The Kier molecular flexibility index (Phi) is 6.61. The van der Waals surface area contributed by atoms with Gasteiger partial charge in [0.2, 0.25) is 0 Å². The summed E-state index contributed by atoms with van der Waals surface area (Å²) >= 11 is 0. The molecule has 0 aromatic carbocycles. The number of allylic oxidation sites excluding steroid dienone is 9. The first-order valence-corrected chi connectivity index (χ1v) is 7.88. The Morgan fingerprint density at radius 2 is 1.77 bits per heavy atom. The first-order chi connectivity index (χ1) is 10.3. The molecule has 1 aliphatic carbocycles. The molecule has 0 bridgehead atoms. The van der Waals surface area contributed by atoms with Gasteiger partial charge in [0.15, 0.2) is 0 Å². The van der Waals surface area contributed by atoms with E-state index in [0.717, 1.165) is 5.57 Å². The summed E-state index contributed by atoms with van der Waals surface area (Å²) in [5.41, 5.74) is 4.36. The highest BCUT2D eigenvalue weighted by atomic mass is 16.4. The van der Waals surface area contributed by atoms with Crippen LogP contribution in [-0.2, 0) is 4.79 Å². The molecule has 0 aromatic heterocycles. The van der Waals surface area contributed by atoms with Gasteiger partial charge in [-0.2, -0.15) is 0 Å².